The van der Waals surface area contributed by atoms with Gasteiger partial charge in [0.1, 0.15) is 6.73 Å². The first-order chi connectivity index (χ1) is 4.77. The Balaban J connectivity index is 2.44. The van der Waals surface area contributed by atoms with Crippen molar-refractivity contribution in [2.75, 3.05) is 19.9 Å². The third-order valence-electron chi connectivity index (χ3n) is 1.45. The molecule has 0 aromatic carbocycles. The van der Waals surface area contributed by atoms with E-state index < -0.39 is 0 Å². The van der Waals surface area contributed by atoms with Crippen LogP contribution in [-0.2, 0) is 0 Å². The molecule has 0 aromatic heterocycles. The van der Waals surface area contributed by atoms with Gasteiger partial charge in [-0.15, -0.1) is 0 Å². The zero-order valence-corrected chi connectivity index (χ0v) is 5.45. The van der Waals surface area contributed by atoms with E-state index in [4.69, 9.17) is 10.2 Å². The number of hydrogen-bond donors (Lipinski definition) is 3. The maximum absolute atomic E-state index is 10.7. The number of carbonyl (C=O) groups is 1. The molecule has 0 aliphatic carbocycles. The molecule has 0 spiro atoms. The zero-order chi connectivity index (χ0) is 7.56. The maximum Gasteiger partial charge on any atom is 0.319 e. The van der Waals surface area contributed by atoms with Gasteiger partial charge in [-0.3, -0.25) is 4.90 Å². The molecule has 5 nitrogen and oxygen atoms in total. The highest BCUT2D eigenvalue weighted by molar-refractivity contribution is 5.76. The molecule has 3 N–H and O–H groups in total. The van der Waals surface area contributed by atoms with Crippen molar-refractivity contribution < 1.29 is 15.0 Å². The average molecular weight is 146 g/mol. The van der Waals surface area contributed by atoms with Crippen molar-refractivity contribution in [3.8, 4) is 0 Å². The van der Waals surface area contributed by atoms with Crippen LogP contribution in [0.15, 0.2) is 0 Å². The minimum atomic E-state index is -0.318. The van der Waals surface area contributed by atoms with Crippen molar-refractivity contribution in [2.24, 2.45) is 0 Å². The molecule has 1 saturated heterocycles. The van der Waals surface area contributed by atoms with Crippen LogP contribution in [0.4, 0.5) is 4.79 Å². The highest BCUT2D eigenvalue weighted by atomic mass is 16.3. The van der Waals surface area contributed by atoms with Gasteiger partial charge in [-0.05, 0) is 0 Å². The van der Waals surface area contributed by atoms with Gasteiger partial charge in [-0.25, -0.2) is 4.79 Å². The van der Waals surface area contributed by atoms with Crippen LogP contribution in [0.25, 0.3) is 0 Å². The zero-order valence-electron chi connectivity index (χ0n) is 5.45. The van der Waals surface area contributed by atoms with E-state index in [1.807, 2.05) is 0 Å². The Labute approximate surface area is 58.3 Å². The largest absolute Gasteiger partial charge is 0.394 e. The van der Waals surface area contributed by atoms with Crippen LogP contribution >= 0.6 is 0 Å². The van der Waals surface area contributed by atoms with Crippen molar-refractivity contribution in [1.29, 1.82) is 0 Å². The van der Waals surface area contributed by atoms with Crippen LogP contribution in [0, 0.1) is 0 Å². The van der Waals surface area contributed by atoms with Crippen molar-refractivity contribution in [1.82, 2.24) is 10.2 Å². The second kappa shape index (κ2) is 2.85. The maximum atomic E-state index is 10.7. The van der Waals surface area contributed by atoms with Gasteiger partial charge in [0.25, 0.3) is 0 Å². The number of nitrogens with one attached hydrogen (secondary N) is 1. The molecule has 1 aliphatic heterocycles. The molecule has 1 aliphatic rings. The lowest BCUT2D eigenvalue weighted by atomic mass is 10.3. The summed E-state index contributed by atoms with van der Waals surface area (Å²) in [5.41, 5.74) is 0. The van der Waals surface area contributed by atoms with Gasteiger partial charge >= 0.3 is 6.03 Å². The monoisotopic (exact) mass is 146 g/mol. The number of aliphatic hydroxyl groups excluding tert-OH is 2. The highest BCUT2D eigenvalue weighted by Gasteiger charge is 2.26. The van der Waals surface area contributed by atoms with E-state index in [1.54, 1.807) is 0 Å². The number of aliphatic hydroxyl groups is 2. The predicted octanol–water partition coefficient (Wildman–Crippen LogP) is -1.68. The number of nitrogens with zero attached hydrogens (tertiary/aromatic N) is 1. The van der Waals surface area contributed by atoms with Crippen LogP contribution in [0.2, 0.25) is 0 Å². The Kier molecular flexibility index (Phi) is 2.08. The van der Waals surface area contributed by atoms with E-state index in [1.165, 1.54) is 4.90 Å². The molecule has 0 saturated carbocycles. The Hall–Kier alpha value is -0.810. The summed E-state index contributed by atoms with van der Waals surface area (Å²) in [7, 11) is 0. The lowest BCUT2D eigenvalue weighted by molar-refractivity contribution is 0.138. The van der Waals surface area contributed by atoms with Crippen LogP contribution < -0.4 is 5.32 Å². The highest BCUT2D eigenvalue weighted by Crippen LogP contribution is 2.00. The Morgan fingerprint density at radius 1 is 1.70 bits per heavy atom. The van der Waals surface area contributed by atoms with Crippen molar-refractivity contribution in [3.05, 3.63) is 0 Å². The van der Waals surface area contributed by atoms with E-state index in [0.29, 0.717) is 6.54 Å². The molecular weight excluding hydrogens is 136 g/mol. The lowest BCUT2D eigenvalue weighted by Gasteiger charge is -2.08. The number of amides is 2. The van der Waals surface area contributed by atoms with Gasteiger partial charge in [-0.2, -0.15) is 0 Å². The topological polar surface area (TPSA) is 72.8 Å². The van der Waals surface area contributed by atoms with Crippen LogP contribution in [0.5, 0.6) is 0 Å². The quantitative estimate of drug-likeness (QED) is 0.436. The van der Waals surface area contributed by atoms with E-state index in [-0.39, 0.29) is 25.4 Å². The van der Waals surface area contributed by atoms with Crippen molar-refractivity contribution in [2.45, 2.75) is 6.04 Å². The molecule has 1 atom stereocenters. The fourth-order valence-electron chi connectivity index (χ4n) is 0.886. The molecule has 0 bridgehead atoms. The fourth-order valence-corrected chi connectivity index (χ4v) is 0.886. The third-order valence-corrected chi connectivity index (χ3v) is 1.45. The molecule has 1 fully saturated rings. The number of carbonyl (C=O) groups excluding carboxylic acids is 1. The smallest absolute Gasteiger partial charge is 0.319 e. The standard InChI is InChI=1S/C5H10N2O3/c8-2-4-1-7(3-9)5(10)6-4/h4,8-9H,1-3H2,(H,6,10). The Bertz CT molecular complexity index is 139. The molecule has 5 heteroatoms. The Morgan fingerprint density at radius 2 is 2.40 bits per heavy atom. The van der Waals surface area contributed by atoms with E-state index >= 15 is 0 Å². The second-order valence-corrected chi connectivity index (χ2v) is 2.19. The lowest BCUT2D eigenvalue weighted by Crippen LogP contribution is -2.30. The van der Waals surface area contributed by atoms with E-state index in [0.717, 1.165) is 0 Å². The van der Waals surface area contributed by atoms with Gasteiger partial charge in [0.2, 0.25) is 0 Å². The number of urea groups is 1. The van der Waals surface area contributed by atoms with Crippen molar-refractivity contribution >= 4 is 6.03 Å². The van der Waals surface area contributed by atoms with Crippen LogP contribution in [0.1, 0.15) is 0 Å². The van der Waals surface area contributed by atoms with Crippen LogP contribution in [-0.4, -0.2) is 47.1 Å². The molecule has 0 radical (unpaired) electrons. The number of rotatable bonds is 2. The average Bonchev–Trinajstić information content (AvgIpc) is 2.30. The summed E-state index contributed by atoms with van der Waals surface area (Å²) < 4.78 is 0. The number of hydrogen-bond acceptors (Lipinski definition) is 3. The van der Waals surface area contributed by atoms with Crippen LogP contribution in [0.3, 0.4) is 0 Å². The fraction of sp³-hybridized carbons (Fsp3) is 0.800. The molecule has 1 rings (SSSR count). The molecule has 2 amide bonds. The summed E-state index contributed by atoms with van der Waals surface area (Å²) in [5.74, 6) is 0. The molecule has 58 valence electrons. The first kappa shape index (κ1) is 7.30. The molecule has 0 aromatic rings. The second-order valence-electron chi connectivity index (χ2n) is 2.19. The van der Waals surface area contributed by atoms with Gasteiger partial charge in [-0.1, -0.05) is 0 Å². The normalized spacial score (nSPS) is 25.2. The van der Waals surface area contributed by atoms with E-state index in [2.05, 4.69) is 5.32 Å². The molecular formula is C5H10N2O3. The molecule has 1 unspecified atom stereocenters. The van der Waals surface area contributed by atoms with Crippen molar-refractivity contribution in [3.63, 3.8) is 0 Å². The summed E-state index contributed by atoms with van der Waals surface area (Å²) in [5, 5.41) is 19.6. The first-order valence-corrected chi connectivity index (χ1v) is 3.05. The minimum Gasteiger partial charge on any atom is -0.394 e. The minimum absolute atomic E-state index is 0.0811. The predicted molar refractivity (Wildman–Crippen MR) is 33.2 cm³/mol. The van der Waals surface area contributed by atoms with Gasteiger partial charge in [0.05, 0.1) is 12.6 Å². The van der Waals surface area contributed by atoms with Gasteiger partial charge < -0.3 is 15.5 Å². The summed E-state index contributed by atoms with van der Waals surface area (Å²) in [6, 6.07) is -0.541. The third kappa shape index (κ3) is 1.19. The summed E-state index contributed by atoms with van der Waals surface area (Å²) in [4.78, 5) is 11.9. The summed E-state index contributed by atoms with van der Waals surface area (Å²) in [6.07, 6.45) is 0. The van der Waals surface area contributed by atoms with E-state index in [9.17, 15) is 4.79 Å². The summed E-state index contributed by atoms with van der Waals surface area (Å²) >= 11 is 0. The molecule has 10 heavy (non-hydrogen) atoms. The summed E-state index contributed by atoms with van der Waals surface area (Å²) in [6.45, 7) is 0.0103. The first-order valence-electron chi connectivity index (χ1n) is 3.05. The van der Waals surface area contributed by atoms with Gasteiger partial charge in [0, 0.05) is 6.54 Å². The Morgan fingerprint density at radius 3 is 2.70 bits per heavy atom. The SMILES string of the molecule is O=C1NC(CO)CN1CO. The van der Waals surface area contributed by atoms with Gasteiger partial charge in [0.15, 0.2) is 0 Å². The molecule has 1 heterocycles.